The van der Waals surface area contributed by atoms with Crippen LogP contribution in [0.4, 0.5) is 5.69 Å². The Kier molecular flexibility index (Phi) is 4.32. The van der Waals surface area contributed by atoms with Crippen LogP contribution < -0.4 is 10.1 Å². The topological polar surface area (TPSA) is 39.1 Å². The molecular weight excluding hydrogens is 262 g/mol. The maximum atomic E-state index is 6.16. The monoisotopic (exact) mass is 279 g/mol. The molecule has 1 N–H and O–H groups in total. The standard InChI is InChI=1S/C14H18ClN3O/c1-4-19-14-6-5-12(7-13(14)15)17-10(2)11-8-16-18(3)9-11/h5-10,17H,4H2,1-3H3. The molecular formula is C14H18ClN3O. The van der Waals surface area contributed by atoms with Gasteiger partial charge < -0.3 is 10.1 Å². The summed E-state index contributed by atoms with van der Waals surface area (Å²) in [6.45, 7) is 4.63. The Hall–Kier alpha value is -1.68. The first-order valence-corrected chi connectivity index (χ1v) is 6.65. The number of nitrogens with zero attached hydrogens (tertiary/aromatic N) is 2. The summed E-state index contributed by atoms with van der Waals surface area (Å²) in [5, 5.41) is 8.17. The molecule has 102 valence electrons. The third-order valence-corrected chi connectivity index (χ3v) is 3.14. The van der Waals surface area contributed by atoms with Crippen molar-refractivity contribution in [3.8, 4) is 5.75 Å². The van der Waals surface area contributed by atoms with E-state index in [4.69, 9.17) is 16.3 Å². The fourth-order valence-electron chi connectivity index (χ4n) is 1.86. The minimum Gasteiger partial charge on any atom is -0.492 e. The second kappa shape index (κ2) is 5.97. The number of benzene rings is 1. The molecule has 2 aromatic rings. The molecule has 0 saturated carbocycles. The molecule has 1 aromatic carbocycles. The molecule has 2 rings (SSSR count). The largest absolute Gasteiger partial charge is 0.492 e. The Morgan fingerprint density at radius 3 is 2.84 bits per heavy atom. The summed E-state index contributed by atoms with van der Waals surface area (Å²) in [6.07, 6.45) is 3.85. The summed E-state index contributed by atoms with van der Waals surface area (Å²) in [7, 11) is 1.91. The molecule has 0 aliphatic rings. The zero-order valence-electron chi connectivity index (χ0n) is 11.4. The summed E-state index contributed by atoms with van der Waals surface area (Å²) in [5.41, 5.74) is 2.09. The fourth-order valence-corrected chi connectivity index (χ4v) is 2.10. The highest BCUT2D eigenvalue weighted by molar-refractivity contribution is 6.32. The minimum atomic E-state index is 0.169. The van der Waals surface area contributed by atoms with Crippen LogP contribution in [-0.4, -0.2) is 16.4 Å². The van der Waals surface area contributed by atoms with Crippen molar-refractivity contribution in [1.29, 1.82) is 0 Å². The van der Waals surface area contributed by atoms with E-state index in [1.54, 1.807) is 4.68 Å². The molecule has 0 radical (unpaired) electrons. The number of hydrogen-bond acceptors (Lipinski definition) is 3. The van der Waals surface area contributed by atoms with Gasteiger partial charge in [0.2, 0.25) is 0 Å². The van der Waals surface area contributed by atoms with Gasteiger partial charge in [0.15, 0.2) is 0 Å². The highest BCUT2D eigenvalue weighted by Crippen LogP contribution is 2.29. The van der Waals surface area contributed by atoms with E-state index in [1.807, 2.05) is 44.6 Å². The van der Waals surface area contributed by atoms with Gasteiger partial charge in [0.05, 0.1) is 23.9 Å². The summed E-state index contributed by atoms with van der Waals surface area (Å²) in [4.78, 5) is 0. The second-order valence-electron chi connectivity index (χ2n) is 4.39. The Morgan fingerprint density at radius 1 is 1.47 bits per heavy atom. The van der Waals surface area contributed by atoms with Gasteiger partial charge in [0, 0.05) is 24.5 Å². The summed E-state index contributed by atoms with van der Waals surface area (Å²) < 4.78 is 7.20. The van der Waals surface area contributed by atoms with Crippen LogP contribution in [0.5, 0.6) is 5.75 Å². The van der Waals surface area contributed by atoms with Crippen molar-refractivity contribution in [3.05, 3.63) is 41.2 Å². The summed E-state index contributed by atoms with van der Waals surface area (Å²) in [6, 6.07) is 5.88. The molecule has 0 spiro atoms. The molecule has 1 unspecified atom stereocenters. The Bertz CT molecular complexity index is 553. The lowest BCUT2D eigenvalue weighted by molar-refractivity contribution is 0.340. The van der Waals surface area contributed by atoms with Gasteiger partial charge in [-0.25, -0.2) is 0 Å². The molecule has 1 atom stereocenters. The van der Waals surface area contributed by atoms with Crippen molar-refractivity contribution < 1.29 is 4.74 Å². The Labute approximate surface area is 118 Å². The Morgan fingerprint density at radius 2 is 2.26 bits per heavy atom. The van der Waals surface area contributed by atoms with Crippen molar-refractivity contribution in [3.63, 3.8) is 0 Å². The third kappa shape index (κ3) is 3.41. The predicted molar refractivity (Wildman–Crippen MR) is 77.9 cm³/mol. The van der Waals surface area contributed by atoms with Crippen LogP contribution in [0.25, 0.3) is 0 Å². The van der Waals surface area contributed by atoms with E-state index in [-0.39, 0.29) is 6.04 Å². The van der Waals surface area contributed by atoms with Crippen molar-refractivity contribution in [2.75, 3.05) is 11.9 Å². The number of aromatic nitrogens is 2. The van der Waals surface area contributed by atoms with Crippen LogP contribution in [0.1, 0.15) is 25.5 Å². The van der Waals surface area contributed by atoms with Gasteiger partial charge in [0.25, 0.3) is 0 Å². The smallest absolute Gasteiger partial charge is 0.138 e. The van der Waals surface area contributed by atoms with Gasteiger partial charge in [-0.2, -0.15) is 5.10 Å². The average molecular weight is 280 g/mol. The third-order valence-electron chi connectivity index (χ3n) is 2.84. The number of halogens is 1. The van der Waals surface area contributed by atoms with E-state index < -0.39 is 0 Å². The van der Waals surface area contributed by atoms with Crippen molar-refractivity contribution in [2.24, 2.45) is 7.05 Å². The zero-order valence-corrected chi connectivity index (χ0v) is 12.1. The van der Waals surface area contributed by atoms with Gasteiger partial charge in [-0.1, -0.05) is 11.6 Å². The Balaban J connectivity index is 2.09. The lowest BCUT2D eigenvalue weighted by Crippen LogP contribution is -2.06. The molecule has 0 aliphatic heterocycles. The van der Waals surface area contributed by atoms with Crippen LogP contribution in [0.15, 0.2) is 30.6 Å². The van der Waals surface area contributed by atoms with E-state index in [9.17, 15) is 0 Å². The molecule has 1 heterocycles. The lowest BCUT2D eigenvalue weighted by atomic mass is 10.2. The van der Waals surface area contributed by atoms with Crippen LogP contribution in [0.3, 0.4) is 0 Å². The number of rotatable bonds is 5. The average Bonchev–Trinajstić information content (AvgIpc) is 2.80. The molecule has 0 fully saturated rings. The first-order valence-electron chi connectivity index (χ1n) is 6.27. The molecule has 0 bridgehead atoms. The van der Waals surface area contributed by atoms with Crippen LogP contribution in [0.2, 0.25) is 5.02 Å². The maximum absolute atomic E-state index is 6.16. The van der Waals surface area contributed by atoms with Gasteiger partial charge in [-0.15, -0.1) is 0 Å². The highest BCUT2D eigenvalue weighted by atomic mass is 35.5. The molecule has 0 aliphatic carbocycles. The van der Waals surface area contributed by atoms with Crippen LogP contribution >= 0.6 is 11.6 Å². The van der Waals surface area contributed by atoms with Crippen molar-refractivity contribution in [1.82, 2.24) is 9.78 Å². The first kappa shape index (κ1) is 13.7. The fraction of sp³-hybridized carbons (Fsp3) is 0.357. The van der Waals surface area contributed by atoms with Crippen LogP contribution in [0, 0.1) is 0 Å². The molecule has 5 heteroatoms. The second-order valence-corrected chi connectivity index (χ2v) is 4.80. The first-order chi connectivity index (χ1) is 9.10. The van der Waals surface area contributed by atoms with Gasteiger partial charge >= 0.3 is 0 Å². The molecule has 0 saturated heterocycles. The minimum absolute atomic E-state index is 0.169. The van der Waals surface area contributed by atoms with E-state index in [1.165, 1.54) is 0 Å². The van der Waals surface area contributed by atoms with Gasteiger partial charge in [0.1, 0.15) is 5.75 Å². The highest BCUT2D eigenvalue weighted by Gasteiger charge is 2.09. The number of ether oxygens (including phenoxy) is 1. The van der Waals surface area contributed by atoms with Crippen LogP contribution in [-0.2, 0) is 7.05 Å². The predicted octanol–water partition coefficient (Wildman–Crippen LogP) is 3.65. The van der Waals surface area contributed by atoms with Crippen molar-refractivity contribution in [2.45, 2.75) is 19.9 Å². The molecule has 0 amide bonds. The van der Waals surface area contributed by atoms with E-state index in [2.05, 4.69) is 17.3 Å². The van der Waals surface area contributed by atoms with Gasteiger partial charge in [-0.3, -0.25) is 4.68 Å². The zero-order chi connectivity index (χ0) is 13.8. The summed E-state index contributed by atoms with van der Waals surface area (Å²) in [5.74, 6) is 0.712. The molecule has 4 nitrogen and oxygen atoms in total. The quantitative estimate of drug-likeness (QED) is 0.908. The molecule has 19 heavy (non-hydrogen) atoms. The number of hydrogen-bond donors (Lipinski definition) is 1. The summed E-state index contributed by atoms with van der Waals surface area (Å²) >= 11 is 6.16. The lowest BCUT2D eigenvalue weighted by Gasteiger charge is -2.15. The van der Waals surface area contributed by atoms with Gasteiger partial charge in [-0.05, 0) is 32.0 Å². The van der Waals surface area contributed by atoms with E-state index in [0.717, 1.165) is 11.3 Å². The number of aryl methyl sites for hydroxylation is 1. The van der Waals surface area contributed by atoms with E-state index in [0.29, 0.717) is 17.4 Å². The van der Waals surface area contributed by atoms with Crippen molar-refractivity contribution >= 4 is 17.3 Å². The number of nitrogens with one attached hydrogen (secondary N) is 1. The number of anilines is 1. The maximum Gasteiger partial charge on any atom is 0.138 e. The molecule has 1 aromatic heterocycles. The van der Waals surface area contributed by atoms with E-state index >= 15 is 0 Å². The SMILES string of the molecule is CCOc1ccc(NC(C)c2cnn(C)c2)cc1Cl. The normalized spacial score (nSPS) is 12.2.